The molecule has 0 aliphatic carbocycles. The Morgan fingerprint density at radius 3 is 1.94 bits per heavy atom. The molecule has 0 saturated carbocycles. The zero-order valence-corrected chi connectivity index (χ0v) is 17.8. The largest absolute Gasteiger partial charge is 0.481 e. The van der Waals surface area contributed by atoms with Crippen molar-refractivity contribution < 1.29 is 39.0 Å². The van der Waals surface area contributed by atoms with Crippen molar-refractivity contribution in [3.63, 3.8) is 0 Å². The average molecular weight is 460 g/mol. The highest BCUT2D eigenvalue weighted by Crippen LogP contribution is 2.03. The van der Waals surface area contributed by atoms with E-state index in [2.05, 4.69) is 16.0 Å². The highest BCUT2D eigenvalue weighted by molar-refractivity contribution is 5.95. The molecule has 0 aliphatic heterocycles. The molecule has 11 N–H and O–H groups in total. The maximum Gasteiger partial charge on any atom is 0.326 e. The molecule has 0 radical (unpaired) electrons. The lowest BCUT2D eigenvalue weighted by atomic mass is 10.1. The molecule has 4 unspecified atom stereocenters. The maximum absolute atomic E-state index is 12.4. The Bertz CT molecular complexity index is 701. The van der Waals surface area contributed by atoms with E-state index in [9.17, 15) is 33.9 Å². The minimum atomic E-state index is -1.56. The lowest BCUT2D eigenvalue weighted by Gasteiger charge is -2.22. The van der Waals surface area contributed by atoms with E-state index in [0.29, 0.717) is 19.4 Å². The van der Waals surface area contributed by atoms with Gasteiger partial charge in [-0.3, -0.25) is 24.0 Å². The summed E-state index contributed by atoms with van der Waals surface area (Å²) in [7, 11) is 0. The van der Waals surface area contributed by atoms with Crippen LogP contribution in [0.5, 0.6) is 0 Å². The molecule has 32 heavy (non-hydrogen) atoms. The number of hydrogen-bond donors (Lipinski definition) is 8. The minimum absolute atomic E-state index is 0.109. The molecule has 4 atom stereocenters. The fourth-order valence-corrected chi connectivity index (χ4v) is 2.52. The van der Waals surface area contributed by atoms with Gasteiger partial charge in [0.1, 0.15) is 18.1 Å². The van der Waals surface area contributed by atoms with Crippen LogP contribution in [-0.4, -0.2) is 76.5 Å². The van der Waals surface area contributed by atoms with Gasteiger partial charge in [-0.05, 0) is 39.2 Å². The summed E-state index contributed by atoms with van der Waals surface area (Å²) >= 11 is 0. The molecule has 14 heteroatoms. The van der Waals surface area contributed by atoms with E-state index in [1.165, 1.54) is 6.92 Å². The fourth-order valence-electron chi connectivity index (χ4n) is 2.52. The number of nitrogens with two attached hydrogens (primary N) is 3. The zero-order chi connectivity index (χ0) is 24.8. The number of primary amides is 1. The third kappa shape index (κ3) is 11.8. The minimum Gasteiger partial charge on any atom is -0.481 e. The molecule has 0 aliphatic rings. The van der Waals surface area contributed by atoms with Crippen molar-refractivity contribution in [2.75, 3.05) is 6.54 Å². The van der Waals surface area contributed by atoms with E-state index in [-0.39, 0.29) is 19.3 Å². The number of carbonyl (C=O) groups is 6. The van der Waals surface area contributed by atoms with Crippen LogP contribution in [0.15, 0.2) is 0 Å². The number of nitrogens with one attached hydrogen (secondary N) is 3. The molecule has 14 nitrogen and oxygen atoms in total. The second-order valence-corrected chi connectivity index (χ2v) is 7.18. The second kappa shape index (κ2) is 14.7. The van der Waals surface area contributed by atoms with E-state index in [1.54, 1.807) is 0 Å². The first-order valence-electron chi connectivity index (χ1n) is 9.98. The molecule has 0 fully saturated rings. The van der Waals surface area contributed by atoms with Gasteiger partial charge in [-0.1, -0.05) is 0 Å². The smallest absolute Gasteiger partial charge is 0.326 e. The summed E-state index contributed by atoms with van der Waals surface area (Å²) in [5, 5.41) is 24.9. The number of aliphatic carboxylic acids is 2. The van der Waals surface area contributed by atoms with Gasteiger partial charge in [0.25, 0.3) is 0 Å². The molecule has 0 aromatic heterocycles. The van der Waals surface area contributed by atoms with Gasteiger partial charge in [-0.15, -0.1) is 0 Å². The van der Waals surface area contributed by atoms with Crippen molar-refractivity contribution in [1.82, 2.24) is 16.0 Å². The Morgan fingerprint density at radius 2 is 1.44 bits per heavy atom. The summed E-state index contributed by atoms with van der Waals surface area (Å²) in [5.41, 5.74) is 15.9. The average Bonchev–Trinajstić information content (AvgIpc) is 2.69. The van der Waals surface area contributed by atoms with Gasteiger partial charge >= 0.3 is 11.9 Å². The molecule has 0 aromatic carbocycles. The molecular formula is C18H32N6O8. The van der Waals surface area contributed by atoms with Crippen molar-refractivity contribution in [2.45, 2.75) is 69.6 Å². The monoisotopic (exact) mass is 460 g/mol. The molecule has 0 rings (SSSR count). The van der Waals surface area contributed by atoms with Gasteiger partial charge in [0, 0.05) is 6.42 Å². The van der Waals surface area contributed by atoms with Crippen molar-refractivity contribution in [3.8, 4) is 0 Å². The van der Waals surface area contributed by atoms with E-state index < -0.39 is 66.2 Å². The topological polar surface area (TPSA) is 257 Å². The first-order valence-corrected chi connectivity index (χ1v) is 9.98. The third-order valence-corrected chi connectivity index (χ3v) is 4.36. The van der Waals surface area contributed by atoms with Crippen LogP contribution in [0.25, 0.3) is 0 Å². The number of carbonyl (C=O) groups excluding carboxylic acids is 4. The van der Waals surface area contributed by atoms with Gasteiger partial charge in [-0.25, -0.2) is 4.79 Å². The van der Waals surface area contributed by atoms with Crippen LogP contribution in [-0.2, 0) is 28.8 Å². The van der Waals surface area contributed by atoms with Crippen LogP contribution >= 0.6 is 0 Å². The summed E-state index contributed by atoms with van der Waals surface area (Å²) in [6.07, 6.45) is 0.0894. The number of hydrogen-bond acceptors (Lipinski definition) is 8. The Labute approximate surface area is 184 Å². The van der Waals surface area contributed by atoms with Gasteiger partial charge in [-0.2, -0.15) is 0 Å². The van der Waals surface area contributed by atoms with E-state index >= 15 is 0 Å². The molecular weight excluding hydrogens is 428 g/mol. The zero-order valence-electron chi connectivity index (χ0n) is 17.8. The van der Waals surface area contributed by atoms with Gasteiger partial charge in [0.15, 0.2) is 0 Å². The van der Waals surface area contributed by atoms with Crippen LogP contribution in [0, 0.1) is 0 Å². The quantitative estimate of drug-likeness (QED) is 0.107. The third-order valence-electron chi connectivity index (χ3n) is 4.36. The van der Waals surface area contributed by atoms with Crippen LogP contribution < -0.4 is 33.2 Å². The number of amides is 4. The molecule has 0 aromatic rings. The predicted molar refractivity (Wildman–Crippen MR) is 111 cm³/mol. The number of rotatable bonds is 16. The summed E-state index contributed by atoms with van der Waals surface area (Å²) in [6, 6.07) is -5.19. The van der Waals surface area contributed by atoms with E-state index in [1.807, 2.05) is 0 Å². The molecule has 0 bridgehead atoms. The van der Waals surface area contributed by atoms with Crippen LogP contribution in [0.3, 0.4) is 0 Å². The summed E-state index contributed by atoms with van der Waals surface area (Å²) in [5.74, 6) is -6.02. The van der Waals surface area contributed by atoms with Gasteiger partial charge in [0.2, 0.25) is 23.6 Å². The lowest BCUT2D eigenvalue weighted by Crippen LogP contribution is -2.56. The van der Waals surface area contributed by atoms with Crippen molar-refractivity contribution in [1.29, 1.82) is 0 Å². The SMILES string of the molecule is CC(NC(=O)C(CC(=O)O)NC(=O)C(N)CCC(N)=O)C(=O)NC(CCCCN)C(=O)O. The Morgan fingerprint density at radius 1 is 0.844 bits per heavy atom. The number of carboxylic acids is 2. The Balaban J connectivity index is 5.01. The standard InChI is InChI=1S/C18H32N6O8/c1-9(15(28)23-11(18(31)32)4-2-3-7-19)22-17(30)12(8-14(26)27)24-16(29)10(20)5-6-13(21)25/h9-12H,2-8,19-20H2,1H3,(H2,21,25)(H,22,30)(H,23,28)(H,24,29)(H,26,27)(H,31,32). The molecule has 4 amide bonds. The Hall–Kier alpha value is -3.26. The van der Waals surface area contributed by atoms with E-state index in [4.69, 9.17) is 22.3 Å². The van der Waals surface area contributed by atoms with Crippen molar-refractivity contribution >= 4 is 35.6 Å². The Kier molecular flexibility index (Phi) is 13.2. The van der Waals surface area contributed by atoms with Crippen molar-refractivity contribution in [2.24, 2.45) is 17.2 Å². The molecule has 182 valence electrons. The highest BCUT2D eigenvalue weighted by atomic mass is 16.4. The summed E-state index contributed by atoms with van der Waals surface area (Å²) in [4.78, 5) is 70.0. The molecule has 0 spiro atoms. The normalized spacial score (nSPS) is 14.3. The van der Waals surface area contributed by atoms with Gasteiger partial charge in [0.05, 0.1) is 12.5 Å². The highest BCUT2D eigenvalue weighted by Gasteiger charge is 2.29. The summed E-state index contributed by atoms with van der Waals surface area (Å²) < 4.78 is 0. The van der Waals surface area contributed by atoms with Crippen molar-refractivity contribution in [3.05, 3.63) is 0 Å². The maximum atomic E-state index is 12.4. The van der Waals surface area contributed by atoms with Crippen LogP contribution in [0.1, 0.15) is 45.4 Å². The first-order chi connectivity index (χ1) is 14.9. The second-order valence-electron chi connectivity index (χ2n) is 7.18. The van der Waals surface area contributed by atoms with E-state index in [0.717, 1.165) is 0 Å². The first kappa shape index (κ1) is 28.7. The number of unbranched alkanes of at least 4 members (excludes halogenated alkanes) is 1. The van der Waals surface area contributed by atoms with Gasteiger partial charge < -0.3 is 43.4 Å². The van der Waals surface area contributed by atoms with Crippen LogP contribution in [0.2, 0.25) is 0 Å². The predicted octanol–water partition coefficient (Wildman–Crippen LogP) is -3.26. The van der Waals surface area contributed by atoms with Crippen LogP contribution in [0.4, 0.5) is 0 Å². The molecule has 0 heterocycles. The lowest BCUT2D eigenvalue weighted by molar-refractivity contribution is -0.143. The fraction of sp³-hybridized carbons (Fsp3) is 0.667. The number of carboxylic acid groups (broad SMARTS) is 2. The summed E-state index contributed by atoms with van der Waals surface area (Å²) in [6.45, 7) is 1.64. The molecule has 0 saturated heterocycles.